The van der Waals surface area contributed by atoms with E-state index in [9.17, 15) is 0 Å². The molecule has 0 fully saturated rings. The summed E-state index contributed by atoms with van der Waals surface area (Å²) in [6, 6.07) is 0.0658. The molecule has 1 atom stereocenters. The zero-order valence-electron chi connectivity index (χ0n) is 7.99. The van der Waals surface area contributed by atoms with Crippen LogP contribution in [0.1, 0.15) is 19.0 Å². The molecule has 1 aromatic rings. The standard InChI is InChI=1S/C9H15N3O/c1-3-8(6-13)12-9-5-10-4-7(2)11-9/h4-5,8,13H,3,6H2,1-2H3,(H,11,12)/t8-/m1/s1. The average molecular weight is 181 g/mol. The van der Waals surface area contributed by atoms with E-state index in [4.69, 9.17) is 5.11 Å². The van der Waals surface area contributed by atoms with E-state index in [0.29, 0.717) is 0 Å². The van der Waals surface area contributed by atoms with Crippen LogP contribution in [0.15, 0.2) is 12.4 Å². The Morgan fingerprint density at radius 2 is 2.31 bits per heavy atom. The van der Waals surface area contributed by atoms with E-state index >= 15 is 0 Å². The molecule has 0 saturated carbocycles. The molecule has 0 bridgehead atoms. The first kappa shape index (κ1) is 9.92. The quantitative estimate of drug-likeness (QED) is 0.726. The van der Waals surface area contributed by atoms with Crippen LogP contribution in [-0.2, 0) is 0 Å². The topological polar surface area (TPSA) is 58.0 Å². The van der Waals surface area contributed by atoms with Crippen LogP contribution in [0.3, 0.4) is 0 Å². The molecule has 0 aromatic carbocycles. The number of aliphatic hydroxyl groups is 1. The van der Waals surface area contributed by atoms with Crippen LogP contribution >= 0.6 is 0 Å². The SMILES string of the molecule is CC[C@H](CO)Nc1cncc(C)n1. The summed E-state index contributed by atoms with van der Waals surface area (Å²) in [6.45, 7) is 4.02. The minimum atomic E-state index is 0.0658. The van der Waals surface area contributed by atoms with E-state index in [1.165, 1.54) is 0 Å². The fraction of sp³-hybridized carbons (Fsp3) is 0.556. The zero-order valence-corrected chi connectivity index (χ0v) is 7.99. The Hall–Kier alpha value is -1.16. The number of aryl methyl sites for hydroxylation is 1. The second-order valence-electron chi connectivity index (χ2n) is 2.98. The summed E-state index contributed by atoms with van der Waals surface area (Å²) in [7, 11) is 0. The summed E-state index contributed by atoms with van der Waals surface area (Å²) in [5.74, 6) is 0.723. The van der Waals surface area contributed by atoms with E-state index < -0.39 is 0 Å². The highest BCUT2D eigenvalue weighted by molar-refractivity contribution is 5.32. The van der Waals surface area contributed by atoms with Crippen LogP contribution in [0.5, 0.6) is 0 Å². The first-order valence-corrected chi connectivity index (χ1v) is 4.42. The number of rotatable bonds is 4. The van der Waals surface area contributed by atoms with E-state index in [2.05, 4.69) is 15.3 Å². The van der Waals surface area contributed by atoms with Crippen molar-refractivity contribution in [2.45, 2.75) is 26.3 Å². The van der Waals surface area contributed by atoms with Crippen molar-refractivity contribution < 1.29 is 5.11 Å². The molecule has 13 heavy (non-hydrogen) atoms. The van der Waals surface area contributed by atoms with Gasteiger partial charge in [0.1, 0.15) is 5.82 Å². The van der Waals surface area contributed by atoms with E-state index in [1.807, 2.05) is 13.8 Å². The molecular weight excluding hydrogens is 166 g/mol. The number of nitrogens with one attached hydrogen (secondary N) is 1. The van der Waals surface area contributed by atoms with Gasteiger partial charge in [-0.05, 0) is 13.3 Å². The minimum Gasteiger partial charge on any atom is -0.394 e. The molecule has 1 heterocycles. The summed E-state index contributed by atoms with van der Waals surface area (Å²) in [4.78, 5) is 8.22. The van der Waals surface area contributed by atoms with Gasteiger partial charge in [0.05, 0.1) is 24.5 Å². The Labute approximate surface area is 78.0 Å². The lowest BCUT2D eigenvalue weighted by Crippen LogP contribution is -2.23. The highest BCUT2D eigenvalue weighted by Crippen LogP contribution is 2.04. The van der Waals surface area contributed by atoms with Crippen molar-refractivity contribution in [1.29, 1.82) is 0 Å². The predicted molar refractivity (Wildman–Crippen MR) is 51.6 cm³/mol. The van der Waals surface area contributed by atoms with Crippen LogP contribution in [-0.4, -0.2) is 27.7 Å². The third-order valence-electron chi connectivity index (χ3n) is 1.82. The molecule has 1 rings (SSSR count). The highest BCUT2D eigenvalue weighted by Gasteiger charge is 2.04. The van der Waals surface area contributed by atoms with Gasteiger partial charge < -0.3 is 10.4 Å². The molecule has 72 valence electrons. The third kappa shape index (κ3) is 2.99. The predicted octanol–water partition coefficient (Wildman–Crippen LogP) is 0.968. The van der Waals surface area contributed by atoms with Crippen molar-refractivity contribution in [3.63, 3.8) is 0 Å². The number of aliphatic hydroxyl groups excluding tert-OH is 1. The number of anilines is 1. The maximum atomic E-state index is 8.95. The summed E-state index contributed by atoms with van der Waals surface area (Å²) in [5, 5.41) is 12.0. The van der Waals surface area contributed by atoms with Crippen LogP contribution in [0, 0.1) is 6.92 Å². The Bertz CT molecular complexity index is 261. The second kappa shape index (κ2) is 4.77. The summed E-state index contributed by atoms with van der Waals surface area (Å²) in [6.07, 6.45) is 4.22. The van der Waals surface area contributed by atoms with Crippen molar-refractivity contribution in [1.82, 2.24) is 9.97 Å². The fourth-order valence-corrected chi connectivity index (χ4v) is 1.02. The largest absolute Gasteiger partial charge is 0.394 e. The maximum absolute atomic E-state index is 8.95. The number of hydrogen-bond donors (Lipinski definition) is 2. The molecule has 0 saturated heterocycles. The lowest BCUT2D eigenvalue weighted by molar-refractivity contribution is 0.271. The summed E-state index contributed by atoms with van der Waals surface area (Å²) < 4.78 is 0. The van der Waals surface area contributed by atoms with Crippen molar-refractivity contribution in [2.24, 2.45) is 0 Å². The summed E-state index contributed by atoms with van der Waals surface area (Å²) >= 11 is 0. The van der Waals surface area contributed by atoms with Gasteiger partial charge in [0, 0.05) is 6.20 Å². The van der Waals surface area contributed by atoms with Gasteiger partial charge in [-0.25, -0.2) is 4.98 Å². The van der Waals surface area contributed by atoms with Crippen molar-refractivity contribution in [2.75, 3.05) is 11.9 Å². The van der Waals surface area contributed by atoms with Gasteiger partial charge in [-0.1, -0.05) is 6.92 Å². The molecule has 4 nitrogen and oxygen atoms in total. The van der Waals surface area contributed by atoms with Crippen molar-refractivity contribution >= 4 is 5.82 Å². The van der Waals surface area contributed by atoms with Crippen LogP contribution < -0.4 is 5.32 Å². The molecule has 4 heteroatoms. The molecule has 0 aliphatic carbocycles. The van der Waals surface area contributed by atoms with Crippen LogP contribution in [0.4, 0.5) is 5.82 Å². The molecule has 2 N–H and O–H groups in total. The Morgan fingerprint density at radius 3 is 2.85 bits per heavy atom. The first-order valence-electron chi connectivity index (χ1n) is 4.42. The molecule has 0 aliphatic heterocycles. The highest BCUT2D eigenvalue weighted by atomic mass is 16.3. The fourth-order valence-electron chi connectivity index (χ4n) is 1.02. The second-order valence-corrected chi connectivity index (χ2v) is 2.98. The molecule has 0 amide bonds. The van der Waals surface area contributed by atoms with Gasteiger partial charge in [-0.15, -0.1) is 0 Å². The first-order chi connectivity index (χ1) is 6.26. The van der Waals surface area contributed by atoms with Gasteiger partial charge in [0.2, 0.25) is 0 Å². The Kier molecular flexibility index (Phi) is 3.64. The van der Waals surface area contributed by atoms with E-state index in [1.54, 1.807) is 12.4 Å². The molecular formula is C9H15N3O. The maximum Gasteiger partial charge on any atom is 0.145 e. The summed E-state index contributed by atoms with van der Waals surface area (Å²) in [5.41, 5.74) is 0.873. The molecule has 0 unspecified atom stereocenters. The average Bonchev–Trinajstić information content (AvgIpc) is 2.14. The van der Waals surface area contributed by atoms with Gasteiger partial charge in [0.15, 0.2) is 0 Å². The number of aromatic nitrogens is 2. The smallest absolute Gasteiger partial charge is 0.145 e. The van der Waals surface area contributed by atoms with Crippen LogP contribution in [0.25, 0.3) is 0 Å². The Balaban J connectivity index is 2.62. The third-order valence-corrected chi connectivity index (χ3v) is 1.82. The number of nitrogens with zero attached hydrogens (tertiary/aromatic N) is 2. The van der Waals surface area contributed by atoms with E-state index in [-0.39, 0.29) is 12.6 Å². The Morgan fingerprint density at radius 1 is 1.54 bits per heavy atom. The van der Waals surface area contributed by atoms with E-state index in [0.717, 1.165) is 17.9 Å². The molecule has 1 aromatic heterocycles. The lowest BCUT2D eigenvalue weighted by Gasteiger charge is -2.14. The monoisotopic (exact) mass is 181 g/mol. The van der Waals surface area contributed by atoms with Crippen molar-refractivity contribution in [3.8, 4) is 0 Å². The molecule has 0 radical (unpaired) electrons. The van der Waals surface area contributed by atoms with Crippen LogP contribution in [0.2, 0.25) is 0 Å². The minimum absolute atomic E-state index is 0.0658. The molecule has 0 spiro atoms. The van der Waals surface area contributed by atoms with Gasteiger partial charge >= 0.3 is 0 Å². The molecule has 0 aliphatic rings. The van der Waals surface area contributed by atoms with Gasteiger partial charge in [0.25, 0.3) is 0 Å². The zero-order chi connectivity index (χ0) is 9.68. The van der Waals surface area contributed by atoms with Gasteiger partial charge in [-0.2, -0.15) is 0 Å². The van der Waals surface area contributed by atoms with Gasteiger partial charge in [-0.3, -0.25) is 4.98 Å². The number of hydrogen-bond acceptors (Lipinski definition) is 4. The normalized spacial score (nSPS) is 12.5. The lowest BCUT2D eigenvalue weighted by atomic mass is 10.2. The van der Waals surface area contributed by atoms with Crippen molar-refractivity contribution in [3.05, 3.63) is 18.1 Å².